The third-order valence-corrected chi connectivity index (χ3v) is 6.73. The average Bonchev–Trinajstić information content (AvgIpc) is 2.81. The molecule has 3 rings (SSSR count). The molecule has 0 spiro atoms. The van der Waals surface area contributed by atoms with Crippen molar-refractivity contribution in [2.45, 2.75) is 44.6 Å². The number of benzene rings is 2. The highest BCUT2D eigenvalue weighted by Crippen LogP contribution is 2.38. The van der Waals surface area contributed by atoms with E-state index in [1.165, 1.54) is 19.2 Å². The number of carbonyl (C=O) groups excluding carboxylic acids is 1. The predicted molar refractivity (Wildman–Crippen MR) is 124 cm³/mol. The van der Waals surface area contributed by atoms with Crippen LogP contribution >= 0.6 is 0 Å². The largest absolute Gasteiger partial charge is 0.481 e. The third kappa shape index (κ3) is 7.24. The Morgan fingerprint density at radius 1 is 1.03 bits per heavy atom. The monoisotopic (exact) mass is 548 g/mol. The third-order valence-electron chi connectivity index (χ3n) is 6.73. The first-order valence-corrected chi connectivity index (χ1v) is 11.8. The number of hydrogen-bond acceptors (Lipinski definition) is 3. The molecule has 12 heteroatoms. The van der Waals surface area contributed by atoms with E-state index in [9.17, 15) is 40.3 Å². The first kappa shape index (κ1) is 29.4. The van der Waals surface area contributed by atoms with Crippen LogP contribution in [0.5, 0.6) is 0 Å². The van der Waals surface area contributed by atoms with Gasteiger partial charge in [0, 0.05) is 38.5 Å². The van der Waals surface area contributed by atoms with E-state index in [0.29, 0.717) is 29.8 Å². The first-order chi connectivity index (χ1) is 17.6. The van der Waals surface area contributed by atoms with Crippen molar-refractivity contribution in [2.24, 2.45) is 5.92 Å². The van der Waals surface area contributed by atoms with Gasteiger partial charge in [-0.2, -0.15) is 26.3 Å². The van der Waals surface area contributed by atoms with Crippen molar-refractivity contribution in [3.05, 3.63) is 70.0 Å². The summed E-state index contributed by atoms with van der Waals surface area (Å²) in [6.07, 6.45) is -9.86. The standard InChI is InChI=1S/C26H27F7N2O3/c1-15-9-19(27)3-4-20(15)22-14-35(8-6-23(36)37)7-5-21(22)24(38)34(2)13-16-10-17(25(28,29)30)12-18(11-16)26(31,32)33/h3-4,9-12,21-22H,5-8,13-14H2,1-2H3,(H,36,37). The summed E-state index contributed by atoms with van der Waals surface area (Å²) in [4.78, 5) is 27.5. The highest BCUT2D eigenvalue weighted by atomic mass is 19.4. The van der Waals surface area contributed by atoms with Crippen LogP contribution < -0.4 is 0 Å². The molecule has 0 radical (unpaired) electrons. The zero-order valence-electron chi connectivity index (χ0n) is 20.7. The van der Waals surface area contributed by atoms with Gasteiger partial charge in [-0.15, -0.1) is 0 Å². The normalized spacial score (nSPS) is 18.9. The van der Waals surface area contributed by atoms with Crippen LogP contribution in [0.15, 0.2) is 36.4 Å². The number of rotatable bonds is 7. The Morgan fingerprint density at radius 2 is 1.63 bits per heavy atom. The predicted octanol–water partition coefficient (Wildman–Crippen LogP) is 5.71. The van der Waals surface area contributed by atoms with Gasteiger partial charge in [0.05, 0.1) is 17.5 Å². The second kappa shape index (κ2) is 11.3. The zero-order chi connectivity index (χ0) is 28.4. The van der Waals surface area contributed by atoms with Gasteiger partial charge in [-0.3, -0.25) is 9.59 Å². The Bertz CT molecular complexity index is 1150. The Kier molecular flexibility index (Phi) is 8.75. The Labute approximate surface area is 214 Å². The second-order valence-electron chi connectivity index (χ2n) is 9.56. The number of alkyl halides is 6. The van der Waals surface area contributed by atoms with Crippen LogP contribution in [0.3, 0.4) is 0 Å². The quantitative estimate of drug-likeness (QED) is 0.451. The summed E-state index contributed by atoms with van der Waals surface area (Å²) in [5.41, 5.74) is -2.01. The Balaban J connectivity index is 1.89. The fourth-order valence-corrected chi connectivity index (χ4v) is 4.89. The number of hydrogen-bond donors (Lipinski definition) is 1. The highest BCUT2D eigenvalue weighted by molar-refractivity contribution is 5.80. The van der Waals surface area contributed by atoms with E-state index >= 15 is 0 Å². The van der Waals surface area contributed by atoms with Gasteiger partial charge >= 0.3 is 18.3 Å². The highest BCUT2D eigenvalue weighted by Gasteiger charge is 2.39. The van der Waals surface area contributed by atoms with Crippen LogP contribution in [0.25, 0.3) is 0 Å². The van der Waals surface area contributed by atoms with Crippen molar-refractivity contribution in [3.8, 4) is 0 Å². The summed E-state index contributed by atoms with van der Waals surface area (Å²) >= 11 is 0. The lowest BCUT2D eigenvalue weighted by Crippen LogP contribution is -2.46. The van der Waals surface area contributed by atoms with E-state index < -0.39 is 59.6 Å². The van der Waals surface area contributed by atoms with E-state index in [4.69, 9.17) is 5.11 Å². The summed E-state index contributed by atoms with van der Waals surface area (Å²) < 4.78 is 93.3. The minimum atomic E-state index is -5.01. The molecule has 2 aromatic carbocycles. The maximum Gasteiger partial charge on any atom is 0.416 e. The number of halogens is 7. The molecule has 5 nitrogen and oxygen atoms in total. The molecule has 0 aromatic heterocycles. The maximum absolute atomic E-state index is 13.7. The van der Waals surface area contributed by atoms with Crippen LogP contribution in [0.4, 0.5) is 30.7 Å². The van der Waals surface area contributed by atoms with Gasteiger partial charge < -0.3 is 14.9 Å². The van der Waals surface area contributed by atoms with Crippen molar-refractivity contribution in [1.29, 1.82) is 0 Å². The van der Waals surface area contributed by atoms with Gasteiger partial charge in [0.25, 0.3) is 0 Å². The molecule has 0 saturated carbocycles. The number of carboxylic acids is 1. The van der Waals surface area contributed by atoms with Crippen molar-refractivity contribution in [3.63, 3.8) is 0 Å². The first-order valence-electron chi connectivity index (χ1n) is 11.8. The zero-order valence-corrected chi connectivity index (χ0v) is 20.7. The van der Waals surface area contributed by atoms with Crippen LogP contribution in [0.1, 0.15) is 46.6 Å². The molecule has 38 heavy (non-hydrogen) atoms. The molecule has 2 aromatic rings. The van der Waals surface area contributed by atoms with Gasteiger partial charge in [-0.1, -0.05) is 6.07 Å². The summed E-state index contributed by atoms with van der Waals surface area (Å²) in [6, 6.07) is 5.30. The summed E-state index contributed by atoms with van der Waals surface area (Å²) in [5.74, 6) is -3.13. The molecule has 2 unspecified atom stereocenters. The van der Waals surface area contributed by atoms with Crippen molar-refractivity contribution >= 4 is 11.9 Å². The van der Waals surface area contributed by atoms with Crippen LogP contribution in [0, 0.1) is 18.7 Å². The molecule has 0 bridgehead atoms. The summed E-state index contributed by atoms with van der Waals surface area (Å²) in [7, 11) is 1.31. The van der Waals surface area contributed by atoms with E-state index in [1.807, 2.05) is 4.90 Å². The molecule has 1 amide bonds. The van der Waals surface area contributed by atoms with Crippen LogP contribution in [-0.4, -0.2) is 53.5 Å². The topological polar surface area (TPSA) is 60.9 Å². The molecule has 1 saturated heterocycles. The minimum Gasteiger partial charge on any atom is -0.481 e. The number of carbonyl (C=O) groups is 2. The fraction of sp³-hybridized carbons (Fsp3) is 0.462. The number of aliphatic carboxylic acids is 1. The maximum atomic E-state index is 13.7. The van der Waals surface area contributed by atoms with E-state index in [0.717, 1.165) is 4.90 Å². The van der Waals surface area contributed by atoms with Gasteiger partial charge in [0.1, 0.15) is 5.82 Å². The molecular formula is C26H27F7N2O3. The van der Waals surface area contributed by atoms with Crippen LogP contribution in [-0.2, 0) is 28.5 Å². The Hall–Kier alpha value is -3.15. The molecular weight excluding hydrogens is 521 g/mol. The number of carboxylic acid groups (broad SMARTS) is 1. The average molecular weight is 548 g/mol. The smallest absolute Gasteiger partial charge is 0.416 e. The van der Waals surface area contributed by atoms with Gasteiger partial charge in [0.2, 0.25) is 5.91 Å². The molecule has 0 aliphatic carbocycles. The van der Waals surface area contributed by atoms with E-state index in [-0.39, 0.29) is 37.6 Å². The molecule has 208 valence electrons. The number of piperidine rings is 1. The molecule has 1 fully saturated rings. The van der Waals surface area contributed by atoms with Crippen molar-refractivity contribution in [2.75, 3.05) is 26.7 Å². The number of aryl methyl sites for hydroxylation is 1. The number of nitrogens with zero attached hydrogens (tertiary/aromatic N) is 2. The molecule has 1 N–H and O–H groups in total. The molecule has 1 aliphatic rings. The minimum absolute atomic E-state index is 0.0332. The fourth-order valence-electron chi connectivity index (χ4n) is 4.89. The number of likely N-dealkylation sites (tertiary alicyclic amines) is 1. The lowest BCUT2D eigenvalue weighted by atomic mass is 9.78. The van der Waals surface area contributed by atoms with Crippen molar-refractivity contribution in [1.82, 2.24) is 9.80 Å². The summed E-state index contributed by atoms with van der Waals surface area (Å²) in [6.45, 7) is 2.07. The molecule has 2 atom stereocenters. The number of amides is 1. The SMILES string of the molecule is Cc1cc(F)ccc1C1CN(CCC(=O)O)CCC1C(=O)N(C)Cc1cc(C(F)(F)F)cc(C(F)(F)F)c1. The second-order valence-corrected chi connectivity index (χ2v) is 9.56. The van der Waals surface area contributed by atoms with Crippen molar-refractivity contribution < 1.29 is 45.4 Å². The van der Waals surface area contributed by atoms with E-state index in [2.05, 4.69) is 0 Å². The lowest BCUT2D eigenvalue weighted by molar-refractivity contribution is -0.143. The Morgan fingerprint density at radius 3 is 2.16 bits per heavy atom. The van der Waals surface area contributed by atoms with E-state index in [1.54, 1.807) is 13.0 Å². The summed E-state index contributed by atoms with van der Waals surface area (Å²) in [5, 5.41) is 9.02. The molecule has 1 heterocycles. The van der Waals surface area contributed by atoms with Gasteiger partial charge in [-0.25, -0.2) is 4.39 Å². The van der Waals surface area contributed by atoms with Gasteiger partial charge in [-0.05, 0) is 66.9 Å². The van der Waals surface area contributed by atoms with Gasteiger partial charge in [0.15, 0.2) is 0 Å². The lowest BCUT2D eigenvalue weighted by Gasteiger charge is -2.40. The van der Waals surface area contributed by atoms with Crippen LogP contribution in [0.2, 0.25) is 0 Å². The molecule has 1 aliphatic heterocycles.